The number of hydrogen-bond acceptors (Lipinski definition) is 3. The van der Waals surface area contributed by atoms with Crippen molar-refractivity contribution in [3.05, 3.63) is 28.7 Å². The van der Waals surface area contributed by atoms with Crippen LogP contribution in [0.4, 0.5) is 5.69 Å². The molecule has 0 atom stereocenters. The van der Waals surface area contributed by atoms with Crippen molar-refractivity contribution in [2.75, 3.05) is 31.6 Å². The molecule has 3 rings (SSSR count). The average Bonchev–Trinajstić information content (AvgIpc) is 3.03. The van der Waals surface area contributed by atoms with Crippen molar-refractivity contribution in [2.45, 2.75) is 38.5 Å². The van der Waals surface area contributed by atoms with Gasteiger partial charge in [-0.2, -0.15) is 0 Å². The van der Waals surface area contributed by atoms with Gasteiger partial charge in [-0.3, -0.25) is 9.59 Å². The summed E-state index contributed by atoms with van der Waals surface area (Å²) >= 11 is 3.42. The molecular formula is C19H25BrN2O3. The maximum atomic E-state index is 12.7. The van der Waals surface area contributed by atoms with Crippen LogP contribution in [0.5, 0.6) is 0 Å². The van der Waals surface area contributed by atoms with E-state index in [0.717, 1.165) is 35.8 Å². The lowest BCUT2D eigenvalue weighted by atomic mass is 9.78. The highest BCUT2D eigenvalue weighted by molar-refractivity contribution is 9.10. The van der Waals surface area contributed by atoms with Crippen molar-refractivity contribution in [2.24, 2.45) is 5.41 Å². The van der Waals surface area contributed by atoms with Crippen LogP contribution >= 0.6 is 15.9 Å². The Hall–Kier alpha value is -1.40. The lowest BCUT2D eigenvalue weighted by Crippen LogP contribution is -2.43. The van der Waals surface area contributed by atoms with Gasteiger partial charge in [-0.15, -0.1) is 0 Å². The summed E-state index contributed by atoms with van der Waals surface area (Å²) in [5, 5.41) is 2.97. The third-order valence-corrected chi connectivity index (χ3v) is 5.69. The van der Waals surface area contributed by atoms with Gasteiger partial charge in [0.15, 0.2) is 0 Å². The second kappa shape index (κ2) is 8.32. The first-order chi connectivity index (χ1) is 12.1. The standard InChI is InChI=1S/C19H25BrN2O3/c20-15-4-3-5-16(12-15)21-17(23)13-19(6-1-2-7-19)14-18(24)22-8-10-25-11-9-22/h3-5,12H,1-2,6-11,13-14H2,(H,21,23). The minimum absolute atomic E-state index is 0.00484. The van der Waals surface area contributed by atoms with Crippen LogP contribution < -0.4 is 5.32 Å². The molecule has 1 aliphatic carbocycles. The van der Waals surface area contributed by atoms with E-state index >= 15 is 0 Å². The molecule has 1 aromatic carbocycles. The number of amides is 2. The number of nitrogens with one attached hydrogen (secondary N) is 1. The van der Waals surface area contributed by atoms with Gasteiger partial charge < -0.3 is 15.0 Å². The highest BCUT2D eigenvalue weighted by atomic mass is 79.9. The molecule has 6 heteroatoms. The molecule has 2 amide bonds. The maximum Gasteiger partial charge on any atom is 0.224 e. The molecule has 5 nitrogen and oxygen atoms in total. The molecule has 1 saturated carbocycles. The van der Waals surface area contributed by atoms with Gasteiger partial charge in [0.25, 0.3) is 0 Å². The second-order valence-corrected chi connectivity index (χ2v) is 8.03. The first-order valence-electron chi connectivity index (χ1n) is 8.97. The van der Waals surface area contributed by atoms with Crippen LogP contribution in [0.3, 0.4) is 0 Å². The molecule has 2 fully saturated rings. The van der Waals surface area contributed by atoms with Gasteiger partial charge in [-0.25, -0.2) is 0 Å². The van der Waals surface area contributed by atoms with E-state index in [0.29, 0.717) is 39.1 Å². The lowest BCUT2D eigenvalue weighted by Gasteiger charge is -2.33. The van der Waals surface area contributed by atoms with Gasteiger partial charge in [0.05, 0.1) is 13.2 Å². The van der Waals surface area contributed by atoms with E-state index in [1.165, 1.54) is 0 Å². The highest BCUT2D eigenvalue weighted by Crippen LogP contribution is 2.44. The summed E-state index contributed by atoms with van der Waals surface area (Å²) in [5.41, 5.74) is 0.595. The molecular weight excluding hydrogens is 384 g/mol. The Kier molecular flexibility index (Phi) is 6.12. The Bertz CT molecular complexity index is 623. The molecule has 1 heterocycles. The zero-order valence-electron chi connectivity index (χ0n) is 14.4. The fourth-order valence-corrected chi connectivity index (χ4v) is 4.30. The van der Waals surface area contributed by atoms with Crippen LogP contribution in [0.2, 0.25) is 0 Å². The van der Waals surface area contributed by atoms with Crippen molar-refractivity contribution in [1.29, 1.82) is 0 Å². The number of carbonyl (C=O) groups excluding carboxylic acids is 2. The number of hydrogen-bond donors (Lipinski definition) is 1. The van der Waals surface area contributed by atoms with Crippen molar-refractivity contribution in [3.63, 3.8) is 0 Å². The Morgan fingerprint density at radius 1 is 1.16 bits per heavy atom. The maximum absolute atomic E-state index is 12.7. The third kappa shape index (κ3) is 5.05. The van der Waals surface area contributed by atoms with Crippen molar-refractivity contribution in [1.82, 2.24) is 4.90 Å². The normalized spacial score (nSPS) is 19.6. The molecule has 0 aromatic heterocycles. The smallest absolute Gasteiger partial charge is 0.224 e. The first-order valence-corrected chi connectivity index (χ1v) is 9.77. The number of ether oxygens (including phenoxy) is 1. The van der Waals surface area contributed by atoms with E-state index in [2.05, 4.69) is 21.2 Å². The van der Waals surface area contributed by atoms with Gasteiger partial charge in [-0.1, -0.05) is 34.8 Å². The first kappa shape index (κ1) is 18.4. The molecule has 0 unspecified atom stereocenters. The zero-order valence-corrected chi connectivity index (χ0v) is 16.0. The predicted octanol–water partition coefficient (Wildman–Crippen LogP) is 3.59. The largest absolute Gasteiger partial charge is 0.378 e. The van der Waals surface area contributed by atoms with Gasteiger partial charge in [0.2, 0.25) is 11.8 Å². The van der Waals surface area contributed by atoms with E-state index in [1.54, 1.807) is 0 Å². The summed E-state index contributed by atoms with van der Waals surface area (Å²) in [6.45, 7) is 2.56. The van der Waals surface area contributed by atoms with Gasteiger partial charge >= 0.3 is 0 Å². The summed E-state index contributed by atoms with van der Waals surface area (Å²) in [5.74, 6) is 0.162. The molecule has 1 aromatic rings. The van der Waals surface area contributed by atoms with Crippen LogP contribution in [-0.4, -0.2) is 43.0 Å². The zero-order chi connectivity index (χ0) is 17.7. The quantitative estimate of drug-likeness (QED) is 0.809. The summed E-state index contributed by atoms with van der Waals surface area (Å²) in [7, 11) is 0. The van der Waals surface area contributed by atoms with Crippen LogP contribution in [-0.2, 0) is 14.3 Å². The van der Waals surface area contributed by atoms with Crippen molar-refractivity contribution >= 4 is 33.4 Å². The number of anilines is 1. The minimum atomic E-state index is -0.189. The molecule has 0 bridgehead atoms. The van der Waals surface area contributed by atoms with Gasteiger partial charge in [0.1, 0.15) is 0 Å². The van der Waals surface area contributed by atoms with E-state index in [1.807, 2.05) is 29.2 Å². The van der Waals surface area contributed by atoms with Crippen LogP contribution in [0, 0.1) is 5.41 Å². The fraction of sp³-hybridized carbons (Fsp3) is 0.579. The average molecular weight is 409 g/mol. The number of benzene rings is 1. The fourth-order valence-electron chi connectivity index (χ4n) is 3.90. The highest BCUT2D eigenvalue weighted by Gasteiger charge is 2.39. The molecule has 25 heavy (non-hydrogen) atoms. The Labute approximate surface area is 157 Å². The summed E-state index contributed by atoms with van der Waals surface area (Å²) < 4.78 is 6.26. The molecule has 0 spiro atoms. The number of rotatable bonds is 5. The lowest BCUT2D eigenvalue weighted by molar-refractivity contribution is -0.138. The van der Waals surface area contributed by atoms with Crippen molar-refractivity contribution < 1.29 is 14.3 Å². The number of nitrogens with zero attached hydrogens (tertiary/aromatic N) is 1. The van der Waals surface area contributed by atoms with E-state index in [4.69, 9.17) is 4.74 Å². The monoisotopic (exact) mass is 408 g/mol. The summed E-state index contributed by atoms with van der Waals surface area (Å²) in [6.07, 6.45) is 4.99. The molecule has 1 N–H and O–H groups in total. The van der Waals surface area contributed by atoms with Crippen LogP contribution in [0.25, 0.3) is 0 Å². The third-order valence-electron chi connectivity index (χ3n) is 5.20. The molecule has 0 radical (unpaired) electrons. The second-order valence-electron chi connectivity index (χ2n) is 7.11. The number of carbonyl (C=O) groups is 2. The Balaban J connectivity index is 1.61. The van der Waals surface area contributed by atoms with Crippen molar-refractivity contribution in [3.8, 4) is 0 Å². The van der Waals surface area contributed by atoms with Crippen LogP contribution in [0.15, 0.2) is 28.7 Å². The van der Waals surface area contributed by atoms with Crippen LogP contribution in [0.1, 0.15) is 38.5 Å². The summed E-state index contributed by atoms with van der Waals surface area (Å²) in [6, 6.07) is 7.59. The molecule has 1 saturated heterocycles. The van der Waals surface area contributed by atoms with Gasteiger partial charge in [-0.05, 0) is 36.5 Å². The Morgan fingerprint density at radius 3 is 2.56 bits per heavy atom. The molecule has 136 valence electrons. The minimum Gasteiger partial charge on any atom is -0.378 e. The number of halogens is 1. The topological polar surface area (TPSA) is 58.6 Å². The SMILES string of the molecule is O=C(CC1(CC(=O)N2CCOCC2)CCCC1)Nc1cccc(Br)c1. The Morgan fingerprint density at radius 2 is 1.88 bits per heavy atom. The molecule has 1 aliphatic heterocycles. The van der Waals surface area contributed by atoms with Gasteiger partial charge in [0, 0.05) is 36.1 Å². The van der Waals surface area contributed by atoms with E-state index < -0.39 is 0 Å². The van der Waals surface area contributed by atoms with E-state index in [-0.39, 0.29) is 17.2 Å². The molecule has 2 aliphatic rings. The van der Waals surface area contributed by atoms with E-state index in [9.17, 15) is 9.59 Å². The number of morpholine rings is 1. The summed E-state index contributed by atoms with van der Waals surface area (Å²) in [4.78, 5) is 27.1. The predicted molar refractivity (Wildman–Crippen MR) is 100 cm³/mol.